The first-order valence-electron chi connectivity index (χ1n) is 9.34. The standard InChI is InChI=1S/C19H26N2O5S/c1-13-11-14(2)21(12-13)18(22)15-7-9-20(10-8-15)27(25,26)17-5-3-16(4-6-17)19(23)24/h3-6,13-15H,7-12H2,1-2H3,(H,23,24). The average molecular weight is 394 g/mol. The molecule has 0 bridgehead atoms. The lowest BCUT2D eigenvalue weighted by Crippen LogP contribution is -2.45. The Balaban J connectivity index is 1.64. The summed E-state index contributed by atoms with van der Waals surface area (Å²) in [5.41, 5.74) is 0.0483. The van der Waals surface area contributed by atoms with Crippen molar-refractivity contribution >= 4 is 21.9 Å². The van der Waals surface area contributed by atoms with Crippen LogP contribution in [0.15, 0.2) is 29.2 Å². The number of benzene rings is 1. The van der Waals surface area contributed by atoms with E-state index >= 15 is 0 Å². The first kappa shape index (κ1) is 19.8. The van der Waals surface area contributed by atoms with Gasteiger partial charge in [0, 0.05) is 31.6 Å². The molecular formula is C19H26N2O5S. The molecule has 2 heterocycles. The number of carbonyl (C=O) groups excluding carboxylic acids is 1. The van der Waals surface area contributed by atoms with Crippen molar-refractivity contribution in [3.05, 3.63) is 29.8 Å². The highest BCUT2D eigenvalue weighted by Gasteiger charge is 2.37. The third-order valence-electron chi connectivity index (χ3n) is 5.61. The Morgan fingerprint density at radius 3 is 2.15 bits per heavy atom. The molecule has 7 nitrogen and oxygen atoms in total. The van der Waals surface area contributed by atoms with Crippen LogP contribution in [0.3, 0.4) is 0 Å². The van der Waals surface area contributed by atoms with Crippen molar-refractivity contribution in [2.75, 3.05) is 19.6 Å². The molecule has 0 spiro atoms. The van der Waals surface area contributed by atoms with Crippen LogP contribution in [0.2, 0.25) is 0 Å². The van der Waals surface area contributed by atoms with Crippen molar-refractivity contribution in [2.24, 2.45) is 11.8 Å². The molecule has 0 aliphatic carbocycles. The second-order valence-electron chi connectivity index (χ2n) is 7.69. The van der Waals surface area contributed by atoms with Gasteiger partial charge in [0.2, 0.25) is 15.9 Å². The fourth-order valence-electron chi connectivity index (χ4n) is 4.10. The van der Waals surface area contributed by atoms with Crippen LogP contribution in [-0.4, -0.2) is 60.3 Å². The predicted octanol–water partition coefficient (Wildman–Crippen LogP) is 2.04. The van der Waals surface area contributed by atoms with E-state index in [1.54, 1.807) is 0 Å². The van der Waals surface area contributed by atoms with Gasteiger partial charge in [-0.25, -0.2) is 13.2 Å². The summed E-state index contributed by atoms with van der Waals surface area (Å²) >= 11 is 0. The minimum Gasteiger partial charge on any atom is -0.478 e. The maximum absolute atomic E-state index is 12.8. The van der Waals surface area contributed by atoms with Crippen molar-refractivity contribution in [3.63, 3.8) is 0 Å². The average Bonchev–Trinajstić information content (AvgIpc) is 2.99. The molecule has 8 heteroatoms. The summed E-state index contributed by atoms with van der Waals surface area (Å²) in [6.07, 6.45) is 2.05. The molecule has 2 fully saturated rings. The molecule has 0 saturated carbocycles. The van der Waals surface area contributed by atoms with E-state index in [0.29, 0.717) is 31.8 Å². The number of hydrogen-bond acceptors (Lipinski definition) is 4. The van der Waals surface area contributed by atoms with Crippen LogP contribution in [0.1, 0.15) is 43.5 Å². The zero-order chi connectivity index (χ0) is 19.8. The fourth-order valence-corrected chi connectivity index (χ4v) is 5.57. The number of amides is 1. The Morgan fingerprint density at radius 1 is 1.07 bits per heavy atom. The molecule has 2 aliphatic rings. The van der Waals surface area contributed by atoms with Crippen LogP contribution in [-0.2, 0) is 14.8 Å². The van der Waals surface area contributed by atoms with Crippen molar-refractivity contribution < 1.29 is 23.1 Å². The normalized spacial score (nSPS) is 24.9. The van der Waals surface area contributed by atoms with Gasteiger partial charge in [0.1, 0.15) is 0 Å². The third-order valence-corrected chi connectivity index (χ3v) is 7.52. The number of aromatic carboxylic acids is 1. The molecule has 1 amide bonds. The Kier molecular flexibility index (Phi) is 5.58. The Hall–Kier alpha value is -1.93. The van der Waals surface area contributed by atoms with E-state index in [-0.39, 0.29) is 28.3 Å². The number of piperidine rings is 1. The van der Waals surface area contributed by atoms with Crippen molar-refractivity contribution in [3.8, 4) is 0 Å². The van der Waals surface area contributed by atoms with E-state index in [1.165, 1.54) is 28.6 Å². The topological polar surface area (TPSA) is 95.0 Å². The lowest BCUT2D eigenvalue weighted by molar-refractivity contribution is -0.137. The molecule has 1 N–H and O–H groups in total. The van der Waals surface area contributed by atoms with Gasteiger partial charge in [-0.05, 0) is 56.4 Å². The summed E-state index contributed by atoms with van der Waals surface area (Å²) in [5, 5.41) is 8.94. The quantitative estimate of drug-likeness (QED) is 0.843. The second kappa shape index (κ2) is 7.59. The summed E-state index contributed by atoms with van der Waals surface area (Å²) in [4.78, 5) is 25.7. The number of carbonyl (C=O) groups is 2. The predicted molar refractivity (Wildman–Crippen MR) is 99.8 cm³/mol. The molecule has 148 valence electrons. The smallest absolute Gasteiger partial charge is 0.335 e. The number of hydrogen-bond donors (Lipinski definition) is 1. The summed E-state index contributed by atoms with van der Waals surface area (Å²) in [6, 6.07) is 5.48. The number of likely N-dealkylation sites (tertiary alicyclic amines) is 1. The highest BCUT2D eigenvalue weighted by atomic mass is 32.2. The van der Waals surface area contributed by atoms with Gasteiger partial charge in [-0.2, -0.15) is 4.31 Å². The maximum atomic E-state index is 12.8. The molecule has 1 aromatic rings. The minimum absolute atomic E-state index is 0.0483. The van der Waals surface area contributed by atoms with E-state index in [2.05, 4.69) is 13.8 Å². The largest absolute Gasteiger partial charge is 0.478 e. The van der Waals surface area contributed by atoms with Gasteiger partial charge in [-0.1, -0.05) is 6.92 Å². The van der Waals surface area contributed by atoms with Gasteiger partial charge in [0.25, 0.3) is 0 Å². The van der Waals surface area contributed by atoms with Gasteiger partial charge in [-0.15, -0.1) is 0 Å². The number of carboxylic acids is 1. The number of rotatable bonds is 4. The lowest BCUT2D eigenvalue weighted by Gasteiger charge is -2.33. The minimum atomic E-state index is -3.68. The van der Waals surface area contributed by atoms with Gasteiger partial charge < -0.3 is 10.0 Å². The summed E-state index contributed by atoms with van der Waals surface area (Å²) in [6.45, 7) is 5.61. The molecular weight excluding hydrogens is 368 g/mol. The Labute approximate surface area is 160 Å². The zero-order valence-corrected chi connectivity index (χ0v) is 16.5. The number of sulfonamides is 1. The molecule has 1 aromatic carbocycles. The zero-order valence-electron chi connectivity index (χ0n) is 15.7. The van der Waals surface area contributed by atoms with E-state index in [0.717, 1.165) is 13.0 Å². The highest BCUT2D eigenvalue weighted by Crippen LogP contribution is 2.29. The first-order valence-corrected chi connectivity index (χ1v) is 10.8. The Bertz CT molecular complexity index is 813. The Morgan fingerprint density at radius 2 is 1.67 bits per heavy atom. The van der Waals surface area contributed by atoms with E-state index in [4.69, 9.17) is 5.11 Å². The SMILES string of the molecule is CC1CC(C)N(C(=O)C2CCN(S(=O)(=O)c3ccc(C(=O)O)cc3)CC2)C1. The van der Waals surface area contributed by atoms with Crippen LogP contribution < -0.4 is 0 Å². The molecule has 2 saturated heterocycles. The molecule has 0 aromatic heterocycles. The maximum Gasteiger partial charge on any atom is 0.335 e. The second-order valence-corrected chi connectivity index (χ2v) is 9.63. The number of nitrogens with zero attached hydrogens (tertiary/aromatic N) is 2. The van der Waals surface area contributed by atoms with E-state index in [9.17, 15) is 18.0 Å². The first-order chi connectivity index (χ1) is 12.7. The van der Waals surface area contributed by atoms with Crippen LogP contribution in [0, 0.1) is 11.8 Å². The monoisotopic (exact) mass is 394 g/mol. The lowest BCUT2D eigenvalue weighted by atomic mass is 9.96. The van der Waals surface area contributed by atoms with Gasteiger partial charge >= 0.3 is 5.97 Å². The van der Waals surface area contributed by atoms with E-state index in [1.807, 2.05) is 4.90 Å². The summed E-state index contributed by atoms with van der Waals surface area (Å²) in [5.74, 6) is -0.560. The van der Waals surface area contributed by atoms with Gasteiger partial charge in [0.05, 0.1) is 10.5 Å². The fraction of sp³-hybridized carbons (Fsp3) is 0.579. The summed E-state index contributed by atoms with van der Waals surface area (Å²) < 4.78 is 27.0. The highest BCUT2D eigenvalue weighted by molar-refractivity contribution is 7.89. The molecule has 3 rings (SSSR count). The van der Waals surface area contributed by atoms with Crippen LogP contribution in [0.4, 0.5) is 0 Å². The molecule has 2 unspecified atom stereocenters. The van der Waals surface area contributed by atoms with Crippen molar-refractivity contribution in [1.29, 1.82) is 0 Å². The van der Waals surface area contributed by atoms with Gasteiger partial charge in [0.15, 0.2) is 0 Å². The van der Waals surface area contributed by atoms with Crippen LogP contribution in [0.25, 0.3) is 0 Å². The number of carboxylic acid groups (broad SMARTS) is 1. The van der Waals surface area contributed by atoms with Gasteiger partial charge in [-0.3, -0.25) is 4.79 Å². The van der Waals surface area contributed by atoms with Crippen molar-refractivity contribution in [1.82, 2.24) is 9.21 Å². The molecule has 27 heavy (non-hydrogen) atoms. The van der Waals surface area contributed by atoms with Crippen LogP contribution in [0.5, 0.6) is 0 Å². The van der Waals surface area contributed by atoms with E-state index < -0.39 is 16.0 Å². The van der Waals surface area contributed by atoms with Crippen molar-refractivity contribution in [2.45, 2.75) is 44.0 Å². The van der Waals surface area contributed by atoms with Crippen LogP contribution >= 0.6 is 0 Å². The molecule has 2 aliphatic heterocycles. The molecule has 2 atom stereocenters. The molecule has 0 radical (unpaired) electrons. The third kappa shape index (κ3) is 4.01. The summed E-state index contributed by atoms with van der Waals surface area (Å²) in [7, 11) is -3.68.